The fourth-order valence-electron chi connectivity index (χ4n) is 5.06. The summed E-state index contributed by atoms with van der Waals surface area (Å²) in [7, 11) is -0.335. The molecule has 2 N–H and O–H groups in total. The topological polar surface area (TPSA) is 97.0 Å². The van der Waals surface area contributed by atoms with Gasteiger partial charge >= 0.3 is 0 Å². The summed E-state index contributed by atoms with van der Waals surface area (Å²) in [6.07, 6.45) is 0.578. The Kier molecular flexibility index (Phi) is 9.84. The van der Waals surface area contributed by atoms with Crippen LogP contribution in [-0.2, 0) is 21.4 Å². The molecular weight excluding hydrogens is 526 g/mol. The highest BCUT2D eigenvalue weighted by atomic mass is 32.2. The smallest absolute Gasteiger partial charge is 0.241 e. The Hall–Kier alpha value is -3.40. The fourth-order valence-corrected chi connectivity index (χ4v) is 6.32. The van der Waals surface area contributed by atoms with Gasteiger partial charge in [-0.2, -0.15) is 0 Å². The molecule has 1 aliphatic rings. The standard InChI is InChI=1S/C31H39N3O5S/c1-22(2)20-34(3)21-23-13-14-27-28(15-16-39-30(27)17-23)32-31(35)19-29(24-9-6-5-7-10-24)33-40(36,37)26-12-8-11-25(18-26)38-4/h5-14,17-18,22,28-29,33H,15-16,19-21H2,1-4H3,(H,32,35). The van der Waals surface area contributed by atoms with Crippen LogP contribution in [0.3, 0.4) is 0 Å². The van der Waals surface area contributed by atoms with Crippen molar-refractivity contribution >= 4 is 15.9 Å². The molecule has 0 saturated carbocycles. The van der Waals surface area contributed by atoms with E-state index in [1.807, 2.05) is 36.4 Å². The molecule has 8 nitrogen and oxygen atoms in total. The van der Waals surface area contributed by atoms with Gasteiger partial charge in [-0.1, -0.05) is 62.4 Å². The van der Waals surface area contributed by atoms with Crippen LogP contribution in [0.1, 0.15) is 55.5 Å². The van der Waals surface area contributed by atoms with E-state index in [1.165, 1.54) is 19.2 Å². The maximum atomic E-state index is 13.3. The normalized spacial score (nSPS) is 15.8. The molecule has 0 spiro atoms. The first-order valence-corrected chi connectivity index (χ1v) is 15.1. The lowest BCUT2D eigenvalue weighted by molar-refractivity contribution is -0.122. The zero-order chi connectivity index (χ0) is 28.7. The third-order valence-corrected chi connectivity index (χ3v) is 8.29. The minimum Gasteiger partial charge on any atom is -0.497 e. The monoisotopic (exact) mass is 565 g/mol. The van der Waals surface area contributed by atoms with Crippen LogP contribution in [0.2, 0.25) is 0 Å². The Bertz CT molecular complexity index is 1400. The molecule has 2 atom stereocenters. The van der Waals surface area contributed by atoms with Crippen molar-refractivity contribution in [3.8, 4) is 11.5 Å². The fraction of sp³-hybridized carbons (Fsp3) is 0.387. The van der Waals surface area contributed by atoms with Crippen molar-refractivity contribution in [3.05, 3.63) is 89.5 Å². The van der Waals surface area contributed by atoms with Crippen LogP contribution in [0.5, 0.6) is 11.5 Å². The SMILES string of the molecule is COc1cccc(S(=O)(=O)NC(CC(=O)NC2CCOc3cc(CN(C)CC(C)C)ccc32)c2ccccc2)c1. The number of fused-ring (bicyclic) bond motifs is 1. The van der Waals surface area contributed by atoms with Crippen molar-refractivity contribution in [2.45, 2.75) is 50.2 Å². The molecule has 3 aromatic rings. The average molecular weight is 566 g/mol. The van der Waals surface area contributed by atoms with Gasteiger partial charge in [0.15, 0.2) is 0 Å². The quantitative estimate of drug-likeness (QED) is 0.327. The highest BCUT2D eigenvalue weighted by Crippen LogP contribution is 2.33. The van der Waals surface area contributed by atoms with Crippen molar-refractivity contribution in [2.24, 2.45) is 5.92 Å². The van der Waals surface area contributed by atoms with E-state index in [-0.39, 0.29) is 23.3 Å². The predicted molar refractivity (Wildman–Crippen MR) is 156 cm³/mol. The number of hydrogen-bond donors (Lipinski definition) is 2. The number of methoxy groups -OCH3 is 1. The van der Waals surface area contributed by atoms with Crippen LogP contribution in [-0.4, -0.2) is 46.5 Å². The lowest BCUT2D eigenvalue weighted by Crippen LogP contribution is -2.36. The highest BCUT2D eigenvalue weighted by Gasteiger charge is 2.27. The van der Waals surface area contributed by atoms with Crippen LogP contribution < -0.4 is 19.5 Å². The Balaban J connectivity index is 1.48. The molecule has 0 radical (unpaired) electrons. The molecule has 2 unspecified atom stereocenters. The van der Waals surface area contributed by atoms with Gasteiger partial charge in [-0.3, -0.25) is 4.79 Å². The first-order valence-electron chi connectivity index (χ1n) is 13.6. The Labute approximate surface area is 237 Å². The molecule has 1 heterocycles. The van der Waals surface area contributed by atoms with Crippen LogP contribution in [0.4, 0.5) is 0 Å². The summed E-state index contributed by atoms with van der Waals surface area (Å²) >= 11 is 0. The summed E-state index contributed by atoms with van der Waals surface area (Å²) in [5.74, 6) is 1.55. The zero-order valence-electron chi connectivity index (χ0n) is 23.6. The summed E-state index contributed by atoms with van der Waals surface area (Å²) in [5, 5.41) is 3.12. The second kappa shape index (κ2) is 13.3. The summed E-state index contributed by atoms with van der Waals surface area (Å²) < 4.78 is 40.4. The molecule has 1 aliphatic heterocycles. The van der Waals surface area contributed by atoms with Gasteiger partial charge in [0.2, 0.25) is 15.9 Å². The van der Waals surface area contributed by atoms with Gasteiger partial charge in [-0.15, -0.1) is 0 Å². The summed E-state index contributed by atoms with van der Waals surface area (Å²) in [4.78, 5) is 15.7. The van der Waals surface area contributed by atoms with Gasteiger partial charge in [0, 0.05) is 37.6 Å². The minimum atomic E-state index is -3.92. The zero-order valence-corrected chi connectivity index (χ0v) is 24.4. The molecule has 1 amide bonds. The van der Waals surface area contributed by atoms with Gasteiger partial charge in [0.1, 0.15) is 11.5 Å². The van der Waals surface area contributed by atoms with Gasteiger partial charge < -0.3 is 19.7 Å². The van der Waals surface area contributed by atoms with E-state index < -0.39 is 16.1 Å². The van der Waals surface area contributed by atoms with Crippen molar-refractivity contribution in [1.29, 1.82) is 0 Å². The van der Waals surface area contributed by atoms with Gasteiger partial charge in [-0.05, 0) is 42.3 Å². The van der Waals surface area contributed by atoms with Crippen molar-refractivity contribution < 1.29 is 22.7 Å². The molecule has 0 aromatic heterocycles. The van der Waals surface area contributed by atoms with Gasteiger partial charge in [-0.25, -0.2) is 13.1 Å². The number of carbonyl (C=O) groups is 1. The van der Waals surface area contributed by atoms with E-state index in [1.54, 1.807) is 12.1 Å². The second-order valence-electron chi connectivity index (χ2n) is 10.7. The van der Waals surface area contributed by atoms with Crippen LogP contribution in [0, 0.1) is 5.92 Å². The number of hydrogen-bond acceptors (Lipinski definition) is 6. The predicted octanol–water partition coefficient (Wildman–Crippen LogP) is 4.83. The number of amides is 1. The molecule has 0 aliphatic carbocycles. The van der Waals surface area contributed by atoms with Crippen molar-refractivity contribution in [3.63, 3.8) is 0 Å². The van der Waals surface area contributed by atoms with E-state index in [2.05, 4.69) is 48.0 Å². The molecule has 9 heteroatoms. The van der Waals surface area contributed by atoms with E-state index in [9.17, 15) is 13.2 Å². The third kappa shape index (κ3) is 7.84. The average Bonchev–Trinajstić information content (AvgIpc) is 2.92. The Morgan fingerprint density at radius 1 is 1.07 bits per heavy atom. The van der Waals surface area contributed by atoms with Crippen LogP contribution >= 0.6 is 0 Å². The number of sulfonamides is 1. The number of nitrogens with one attached hydrogen (secondary N) is 2. The first kappa shape index (κ1) is 29.6. The molecular formula is C31H39N3O5S. The van der Waals surface area contributed by atoms with Crippen LogP contribution in [0.25, 0.3) is 0 Å². The first-order chi connectivity index (χ1) is 19.1. The summed E-state index contributed by atoms with van der Waals surface area (Å²) in [6, 6.07) is 20.6. The van der Waals surface area contributed by atoms with Crippen LogP contribution in [0.15, 0.2) is 77.7 Å². The minimum absolute atomic E-state index is 0.0576. The van der Waals surface area contributed by atoms with Crippen molar-refractivity contribution in [2.75, 3.05) is 27.3 Å². The van der Waals surface area contributed by atoms with Gasteiger partial charge in [0.25, 0.3) is 0 Å². The number of benzene rings is 3. The summed E-state index contributed by atoms with van der Waals surface area (Å²) in [6.45, 7) is 6.71. The maximum absolute atomic E-state index is 13.3. The Morgan fingerprint density at radius 2 is 1.85 bits per heavy atom. The second-order valence-corrected chi connectivity index (χ2v) is 12.4. The van der Waals surface area contributed by atoms with Gasteiger partial charge in [0.05, 0.1) is 30.7 Å². The van der Waals surface area contributed by atoms with E-state index in [0.29, 0.717) is 30.3 Å². The molecule has 4 rings (SSSR count). The van der Waals surface area contributed by atoms with E-state index in [0.717, 1.165) is 30.0 Å². The lowest BCUT2D eigenvalue weighted by Gasteiger charge is -2.28. The Morgan fingerprint density at radius 3 is 2.58 bits per heavy atom. The van der Waals surface area contributed by atoms with Crippen molar-refractivity contribution in [1.82, 2.24) is 14.9 Å². The third-order valence-electron chi connectivity index (χ3n) is 6.82. The molecule has 40 heavy (non-hydrogen) atoms. The lowest BCUT2D eigenvalue weighted by atomic mass is 9.97. The molecule has 3 aromatic carbocycles. The highest BCUT2D eigenvalue weighted by molar-refractivity contribution is 7.89. The number of rotatable bonds is 12. The maximum Gasteiger partial charge on any atom is 0.241 e. The van der Waals surface area contributed by atoms with E-state index in [4.69, 9.17) is 9.47 Å². The molecule has 214 valence electrons. The molecule has 0 fully saturated rings. The summed E-state index contributed by atoms with van der Waals surface area (Å²) in [5.41, 5.74) is 2.79. The molecule has 0 bridgehead atoms. The number of ether oxygens (including phenoxy) is 2. The largest absolute Gasteiger partial charge is 0.497 e. The van der Waals surface area contributed by atoms with E-state index >= 15 is 0 Å². The molecule has 0 saturated heterocycles. The number of nitrogens with zero attached hydrogens (tertiary/aromatic N) is 1. The number of carbonyl (C=O) groups excluding carboxylic acids is 1.